The van der Waals surface area contributed by atoms with E-state index in [9.17, 15) is 4.79 Å². The van der Waals surface area contributed by atoms with E-state index in [1.54, 1.807) is 0 Å². The second-order valence-corrected chi connectivity index (χ2v) is 3.69. The van der Waals surface area contributed by atoms with Gasteiger partial charge in [-0.05, 0) is 18.9 Å². The predicted molar refractivity (Wildman–Crippen MR) is 68.3 cm³/mol. The van der Waals surface area contributed by atoms with Crippen LogP contribution in [0.3, 0.4) is 0 Å². The molecule has 0 bridgehead atoms. The summed E-state index contributed by atoms with van der Waals surface area (Å²) in [5.41, 5.74) is 1.10. The van der Waals surface area contributed by atoms with Crippen LogP contribution >= 0.6 is 0 Å². The first-order chi connectivity index (χ1) is 7.83. The van der Waals surface area contributed by atoms with E-state index in [1.807, 2.05) is 61.6 Å². The second-order valence-electron chi connectivity index (χ2n) is 3.69. The molecule has 84 valence electrons. The monoisotopic (exact) mass is 214 g/mol. The Labute approximate surface area is 97.5 Å². The third kappa shape index (κ3) is 5.30. The molecule has 1 aromatic rings. The maximum absolute atomic E-state index is 11.6. The summed E-state index contributed by atoms with van der Waals surface area (Å²) in [6.45, 7) is 1.98. The first kappa shape index (κ1) is 12.4. The zero-order valence-electron chi connectivity index (χ0n) is 9.73. The Hall–Kier alpha value is -1.63. The quantitative estimate of drug-likeness (QED) is 0.660. The fourth-order valence-electron chi connectivity index (χ4n) is 1.44. The summed E-state index contributed by atoms with van der Waals surface area (Å²) >= 11 is 0. The number of carbonyl (C=O) groups excluding carboxylic acids is 1. The van der Waals surface area contributed by atoms with Gasteiger partial charge >= 0.3 is 0 Å². The minimum atomic E-state index is 0.302. The van der Waals surface area contributed by atoms with E-state index in [4.69, 9.17) is 0 Å². The number of Topliss-reactive ketones (excluding diaryl/α,β-unsaturated/α-hetero) is 1. The van der Waals surface area contributed by atoms with E-state index in [0.29, 0.717) is 18.6 Å². The fourth-order valence-corrected chi connectivity index (χ4v) is 1.44. The molecule has 0 aliphatic rings. The third-order valence-electron chi connectivity index (χ3n) is 2.27. The molecule has 0 aliphatic carbocycles. The van der Waals surface area contributed by atoms with Gasteiger partial charge in [0.15, 0.2) is 0 Å². The van der Waals surface area contributed by atoms with Gasteiger partial charge in [0.2, 0.25) is 0 Å². The van der Waals surface area contributed by atoms with Crippen molar-refractivity contribution in [2.24, 2.45) is 0 Å². The molecule has 1 rings (SSSR count). The molecule has 0 fully saturated rings. The Kier molecular flexibility index (Phi) is 5.94. The van der Waals surface area contributed by atoms with Crippen LogP contribution in [0.15, 0.2) is 54.6 Å². The van der Waals surface area contributed by atoms with Gasteiger partial charge in [0.05, 0.1) is 0 Å². The Bertz CT molecular complexity index is 360. The van der Waals surface area contributed by atoms with Crippen molar-refractivity contribution in [3.8, 4) is 0 Å². The first-order valence-corrected chi connectivity index (χ1v) is 5.66. The number of hydrogen-bond donors (Lipinski definition) is 0. The molecule has 1 aromatic carbocycles. The van der Waals surface area contributed by atoms with Crippen molar-refractivity contribution >= 4 is 5.78 Å². The number of ketones is 1. The van der Waals surface area contributed by atoms with E-state index in [1.165, 1.54) is 0 Å². The van der Waals surface area contributed by atoms with Crippen molar-refractivity contribution in [1.82, 2.24) is 0 Å². The molecular weight excluding hydrogens is 196 g/mol. The van der Waals surface area contributed by atoms with Crippen LogP contribution in [-0.2, 0) is 11.2 Å². The standard InChI is InChI=1S/C15H18O/c1-2-3-4-5-9-12-15(16)13-14-10-7-6-8-11-14/h2-8,10-11H,9,12-13H2,1H3/b3-2-,5-4-. The van der Waals surface area contributed by atoms with E-state index in [0.717, 1.165) is 12.0 Å². The number of benzene rings is 1. The van der Waals surface area contributed by atoms with Crippen molar-refractivity contribution in [1.29, 1.82) is 0 Å². The third-order valence-corrected chi connectivity index (χ3v) is 2.27. The van der Waals surface area contributed by atoms with Crippen LogP contribution in [0.2, 0.25) is 0 Å². The smallest absolute Gasteiger partial charge is 0.137 e. The molecule has 0 amide bonds. The van der Waals surface area contributed by atoms with Crippen LogP contribution < -0.4 is 0 Å². The molecule has 0 N–H and O–H groups in total. The molecule has 0 saturated heterocycles. The fraction of sp³-hybridized carbons (Fsp3) is 0.267. The molecule has 16 heavy (non-hydrogen) atoms. The molecule has 1 heteroatoms. The Balaban J connectivity index is 2.26. The summed E-state index contributed by atoms with van der Waals surface area (Å²) in [5, 5.41) is 0. The maximum Gasteiger partial charge on any atom is 0.137 e. The van der Waals surface area contributed by atoms with Gasteiger partial charge in [0.1, 0.15) is 5.78 Å². The van der Waals surface area contributed by atoms with Crippen LogP contribution in [0.25, 0.3) is 0 Å². The molecule has 1 nitrogen and oxygen atoms in total. The zero-order valence-corrected chi connectivity index (χ0v) is 9.73. The van der Waals surface area contributed by atoms with Gasteiger partial charge in [0.25, 0.3) is 0 Å². The van der Waals surface area contributed by atoms with Crippen molar-refractivity contribution in [2.45, 2.75) is 26.2 Å². The highest BCUT2D eigenvalue weighted by Gasteiger charge is 2.01. The normalized spacial score (nSPS) is 11.3. The van der Waals surface area contributed by atoms with Crippen LogP contribution in [0.4, 0.5) is 0 Å². The molecule has 0 radical (unpaired) electrons. The van der Waals surface area contributed by atoms with E-state index >= 15 is 0 Å². The number of carbonyl (C=O) groups is 1. The lowest BCUT2D eigenvalue weighted by Gasteiger charge is -1.98. The second kappa shape index (κ2) is 7.63. The topological polar surface area (TPSA) is 17.1 Å². The first-order valence-electron chi connectivity index (χ1n) is 5.66. The van der Waals surface area contributed by atoms with E-state index < -0.39 is 0 Å². The van der Waals surface area contributed by atoms with Crippen molar-refractivity contribution < 1.29 is 4.79 Å². The minimum Gasteiger partial charge on any atom is -0.299 e. The molecule has 0 aliphatic heterocycles. The maximum atomic E-state index is 11.6. The minimum absolute atomic E-state index is 0.302. The molecule has 0 spiro atoms. The molecule has 0 heterocycles. The van der Waals surface area contributed by atoms with Gasteiger partial charge in [-0.15, -0.1) is 0 Å². The summed E-state index contributed by atoms with van der Waals surface area (Å²) in [6, 6.07) is 9.89. The largest absolute Gasteiger partial charge is 0.299 e. The highest BCUT2D eigenvalue weighted by molar-refractivity contribution is 5.80. The summed E-state index contributed by atoms with van der Waals surface area (Å²) in [7, 11) is 0. The van der Waals surface area contributed by atoms with Gasteiger partial charge in [-0.3, -0.25) is 4.79 Å². The van der Waals surface area contributed by atoms with Crippen molar-refractivity contribution in [2.75, 3.05) is 0 Å². The van der Waals surface area contributed by atoms with Gasteiger partial charge < -0.3 is 0 Å². The molecular formula is C15H18O. The average molecular weight is 214 g/mol. The van der Waals surface area contributed by atoms with Crippen molar-refractivity contribution in [3.05, 3.63) is 60.2 Å². The lowest BCUT2D eigenvalue weighted by Crippen LogP contribution is -2.01. The highest BCUT2D eigenvalue weighted by atomic mass is 16.1. The number of allylic oxidation sites excluding steroid dienone is 4. The van der Waals surface area contributed by atoms with Gasteiger partial charge in [-0.2, -0.15) is 0 Å². The summed E-state index contributed by atoms with van der Waals surface area (Å²) < 4.78 is 0. The van der Waals surface area contributed by atoms with E-state index in [2.05, 4.69) is 0 Å². The van der Waals surface area contributed by atoms with Crippen LogP contribution in [0, 0.1) is 0 Å². The number of rotatable bonds is 6. The van der Waals surface area contributed by atoms with Crippen LogP contribution in [0.5, 0.6) is 0 Å². The lowest BCUT2D eigenvalue weighted by molar-refractivity contribution is -0.118. The van der Waals surface area contributed by atoms with Gasteiger partial charge in [0, 0.05) is 12.8 Å². The Morgan fingerprint density at radius 2 is 1.94 bits per heavy atom. The summed E-state index contributed by atoms with van der Waals surface area (Å²) in [5.74, 6) is 0.302. The van der Waals surface area contributed by atoms with Gasteiger partial charge in [-0.25, -0.2) is 0 Å². The van der Waals surface area contributed by atoms with Crippen LogP contribution in [-0.4, -0.2) is 5.78 Å². The van der Waals surface area contributed by atoms with Crippen molar-refractivity contribution in [3.63, 3.8) is 0 Å². The lowest BCUT2D eigenvalue weighted by atomic mass is 10.1. The molecule has 0 unspecified atom stereocenters. The highest BCUT2D eigenvalue weighted by Crippen LogP contribution is 2.03. The SMILES string of the molecule is C/C=C\C=C/CCC(=O)Cc1ccccc1. The van der Waals surface area contributed by atoms with Gasteiger partial charge in [-0.1, -0.05) is 54.6 Å². The van der Waals surface area contributed by atoms with E-state index in [-0.39, 0.29) is 0 Å². The molecule has 0 atom stereocenters. The summed E-state index contributed by atoms with van der Waals surface area (Å²) in [6.07, 6.45) is 9.97. The Morgan fingerprint density at radius 1 is 1.19 bits per heavy atom. The molecule has 0 aromatic heterocycles. The molecule has 0 saturated carbocycles. The van der Waals surface area contributed by atoms with Crippen LogP contribution in [0.1, 0.15) is 25.3 Å². The average Bonchev–Trinajstić information content (AvgIpc) is 2.30. The zero-order chi connectivity index (χ0) is 11.6. The predicted octanol–water partition coefficient (Wildman–Crippen LogP) is 3.71. The Morgan fingerprint density at radius 3 is 2.62 bits per heavy atom. The number of hydrogen-bond acceptors (Lipinski definition) is 1. The summed E-state index contributed by atoms with van der Waals surface area (Å²) in [4.78, 5) is 11.6.